The first kappa shape index (κ1) is 9.97. The number of carbonyl (C=O) groups is 1. The highest BCUT2D eigenvalue weighted by Crippen LogP contribution is 2.17. The number of hydrogen-bond acceptors (Lipinski definition) is 4. The average Bonchev–Trinajstić information content (AvgIpc) is 2.84. The van der Waals surface area contributed by atoms with Crippen LogP contribution in [0.2, 0.25) is 0 Å². The van der Waals surface area contributed by atoms with E-state index >= 15 is 0 Å². The van der Waals surface area contributed by atoms with Crippen molar-refractivity contribution in [3.05, 3.63) is 40.6 Å². The number of amides is 1. The summed E-state index contributed by atoms with van der Waals surface area (Å²) in [4.78, 5) is 11.6. The molecule has 78 valence electrons. The van der Waals surface area contributed by atoms with Crippen LogP contribution in [-0.4, -0.2) is 11.1 Å². The van der Waals surface area contributed by atoms with E-state index in [0.717, 1.165) is 0 Å². The number of halogens is 1. The van der Waals surface area contributed by atoms with E-state index in [1.807, 2.05) is 0 Å². The number of hydrogen-bond donors (Lipinski definition) is 1. The second-order valence-corrected chi connectivity index (χ2v) is 3.50. The van der Waals surface area contributed by atoms with Crippen molar-refractivity contribution in [2.45, 2.75) is 6.54 Å². The Kier molecular flexibility index (Phi) is 2.86. The van der Waals surface area contributed by atoms with Gasteiger partial charge < -0.3 is 14.3 Å². The molecule has 15 heavy (non-hydrogen) atoms. The summed E-state index contributed by atoms with van der Waals surface area (Å²) >= 11 is 3.12. The van der Waals surface area contributed by atoms with Crippen molar-refractivity contribution in [3.63, 3.8) is 0 Å². The fourth-order valence-electron chi connectivity index (χ4n) is 1.05. The van der Waals surface area contributed by atoms with E-state index in [1.54, 1.807) is 12.1 Å². The van der Waals surface area contributed by atoms with E-state index in [2.05, 4.69) is 30.9 Å². The van der Waals surface area contributed by atoms with Gasteiger partial charge in [0.2, 0.25) is 0 Å². The van der Waals surface area contributed by atoms with Crippen molar-refractivity contribution in [2.75, 3.05) is 0 Å². The zero-order valence-corrected chi connectivity index (χ0v) is 9.15. The standard InChI is InChI=1S/C9H7BrN2O3/c10-8-7(2-3-14-8)9(13)11-5-6-1-4-15-12-6/h1-4H,5H2,(H,11,13). The van der Waals surface area contributed by atoms with Crippen LogP contribution in [0.3, 0.4) is 0 Å². The first-order valence-corrected chi connectivity index (χ1v) is 4.97. The zero-order chi connectivity index (χ0) is 10.7. The molecule has 0 aliphatic rings. The molecular weight excluding hydrogens is 264 g/mol. The fourth-order valence-corrected chi connectivity index (χ4v) is 1.47. The van der Waals surface area contributed by atoms with Gasteiger partial charge >= 0.3 is 0 Å². The summed E-state index contributed by atoms with van der Waals surface area (Å²) in [6.45, 7) is 0.326. The Morgan fingerprint density at radius 2 is 2.33 bits per heavy atom. The van der Waals surface area contributed by atoms with Gasteiger partial charge in [-0.05, 0) is 22.0 Å². The first-order chi connectivity index (χ1) is 7.27. The molecule has 0 saturated carbocycles. The van der Waals surface area contributed by atoms with Crippen LogP contribution in [0.1, 0.15) is 16.1 Å². The van der Waals surface area contributed by atoms with E-state index in [1.165, 1.54) is 12.5 Å². The maximum absolute atomic E-state index is 11.6. The van der Waals surface area contributed by atoms with E-state index in [0.29, 0.717) is 22.5 Å². The lowest BCUT2D eigenvalue weighted by Crippen LogP contribution is -2.22. The smallest absolute Gasteiger partial charge is 0.256 e. The molecule has 2 aromatic heterocycles. The Bertz CT molecular complexity index is 450. The van der Waals surface area contributed by atoms with Gasteiger partial charge in [-0.25, -0.2) is 0 Å². The molecule has 5 nitrogen and oxygen atoms in total. The van der Waals surface area contributed by atoms with Gasteiger partial charge in [0.1, 0.15) is 12.0 Å². The summed E-state index contributed by atoms with van der Waals surface area (Å²) < 4.78 is 9.99. The molecule has 0 bridgehead atoms. The highest BCUT2D eigenvalue weighted by molar-refractivity contribution is 9.10. The molecule has 0 saturated heterocycles. The molecule has 1 amide bonds. The number of aromatic nitrogens is 1. The van der Waals surface area contributed by atoms with Crippen LogP contribution in [0.4, 0.5) is 0 Å². The SMILES string of the molecule is O=C(NCc1ccon1)c1ccoc1Br. The molecule has 0 aliphatic heterocycles. The largest absolute Gasteiger partial charge is 0.457 e. The Balaban J connectivity index is 1.96. The molecule has 0 radical (unpaired) electrons. The molecule has 2 heterocycles. The second kappa shape index (κ2) is 4.31. The molecule has 2 aromatic rings. The lowest BCUT2D eigenvalue weighted by molar-refractivity contribution is 0.0948. The molecule has 1 N–H and O–H groups in total. The molecule has 0 spiro atoms. The normalized spacial score (nSPS) is 10.2. The molecule has 0 atom stereocenters. The van der Waals surface area contributed by atoms with Crippen LogP contribution in [0.15, 0.2) is 38.3 Å². The van der Waals surface area contributed by atoms with E-state index in [-0.39, 0.29) is 5.91 Å². The van der Waals surface area contributed by atoms with Gasteiger partial charge in [0, 0.05) is 6.07 Å². The number of nitrogens with one attached hydrogen (secondary N) is 1. The predicted molar refractivity (Wildman–Crippen MR) is 54.1 cm³/mol. The third kappa shape index (κ3) is 2.27. The van der Waals surface area contributed by atoms with Gasteiger partial charge in [-0.15, -0.1) is 0 Å². The fraction of sp³-hybridized carbons (Fsp3) is 0.111. The van der Waals surface area contributed by atoms with Crippen LogP contribution in [0.5, 0.6) is 0 Å². The van der Waals surface area contributed by atoms with Gasteiger partial charge in [0.05, 0.1) is 18.4 Å². The topological polar surface area (TPSA) is 68.3 Å². The van der Waals surface area contributed by atoms with Gasteiger partial charge in [0.25, 0.3) is 5.91 Å². The molecule has 0 aromatic carbocycles. The first-order valence-electron chi connectivity index (χ1n) is 4.18. The minimum atomic E-state index is -0.223. The molecule has 0 unspecified atom stereocenters. The number of furan rings is 1. The third-order valence-corrected chi connectivity index (χ3v) is 2.40. The Morgan fingerprint density at radius 1 is 1.47 bits per heavy atom. The van der Waals surface area contributed by atoms with Crippen molar-refractivity contribution in [1.82, 2.24) is 10.5 Å². The summed E-state index contributed by atoms with van der Waals surface area (Å²) in [7, 11) is 0. The number of nitrogens with zero attached hydrogens (tertiary/aromatic N) is 1. The van der Waals surface area contributed by atoms with Crippen molar-refractivity contribution in [2.24, 2.45) is 0 Å². The highest BCUT2D eigenvalue weighted by Gasteiger charge is 2.12. The Labute approximate surface area is 93.6 Å². The van der Waals surface area contributed by atoms with Crippen molar-refractivity contribution in [1.29, 1.82) is 0 Å². The second-order valence-electron chi connectivity index (χ2n) is 2.78. The lowest BCUT2D eigenvalue weighted by Gasteiger charge is -1.99. The van der Waals surface area contributed by atoms with Crippen LogP contribution in [0.25, 0.3) is 0 Å². The summed E-state index contributed by atoms with van der Waals surface area (Å²) in [5.41, 5.74) is 1.13. The van der Waals surface area contributed by atoms with Gasteiger partial charge in [-0.3, -0.25) is 4.79 Å². The average molecular weight is 271 g/mol. The molecular formula is C9H7BrN2O3. The predicted octanol–water partition coefficient (Wildman–Crippen LogP) is 1.96. The van der Waals surface area contributed by atoms with Crippen LogP contribution in [0, 0.1) is 0 Å². The highest BCUT2D eigenvalue weighted by atomic mass is 79.9. The van der Waals surface area contributed by atoms with E-state index in [9.17, 15) is 4.79 Å². The quantitative estimate of drug-likeness (QED) is 0.926. The zero-order valence-electron chi connectivity index (χ0n) is 7.57. The van der Waals surface area contributed by atoms with E-state index < -0.39 is 0 Å². The Morgan fingerprint density at radius 3 is 2.93 bits per heavy atom. The molecule has 0 aliphatic carbocycles. The summed E-state index contributed by atoms with van der Waals surface area (Å²) in [6.07, 6.45) is 2.89. The lowest BCUT2D eigenvalue weighted by atomic mass is 10.3. The minimum Gasteiger partial charge on any atom is -0.457 e. The van der Waals surface area contributed by atoms with Gasteiger partial charge in [-0.2, -0.15) is 0 Å². The monoisotopic (exact) mass is 270 g/mol. The number of rotatable bonds is 3. The number of carbonyl (C=O) groups excluding carboxylic acids is 1. The molecule has 0 fully saturated rings. The summed E-state index contributed by atoms with van der Waals surface area (Å²) in [5, 5.41) is 6.34. The maximum atomic E-state index is 11.6. The van der Waals surface area contributed by atoms with Crippen LogP contribution >= 0.6 is 15.9 Å². The maximum Gasteiger partial charge on any atom is 0.256 e. The minimum absolute atomic E-state index is 0.223. The van der Waals surface area contributed by atoms with Gasteiger partial charge in [-0.1, -0.05) is 5.16 Å². The van der Waals surface area contributed by atoms with Crippen LogP contribution < -0.4 is 5.32 Å². The molecule has 2 rings (SSSR count). The molecule has 6 heteroatoms. The van der Waals surface area contributed by atoms with Gasteiger partial charge in [0.15, 0.2) is 4.67 Å². The Hall–Kier alpha value is -1.56. The summed E-state index contributed by atoms with van der Waals surface area (Å²) in [5.74, 6) is -0.223. The summed E-state index contributed by atoms with van der Waals surface area (Å²) in [6, 6.07) is 3.27. The third-order valence-electron chi connectivity index (χ3n) is 1.78. The van der Waals surface area contributed by atoms with Crippen molar-refractivity contribution >= 4 is 21.8 Å². The van der Waals surface area contributed by atoms with Crippen molar-refractivity contribution < 1.29 is 13.7 Å². The van der Waals surface area contributed by atoms with Crippen molar-refractivity contribution in [3.8, 4) is 0 Å². The van der Waals surface area contributed by atoms with Crippen LogP contribution in [-0.2, 0) is 6.54 Å². The van der Waals surface area contributed by atoms with E-state index in [4.69, 9.17) is 4.42 Å².